The van der Waals surface area contributed by atoms with Crippen LogP contribution in [-0.4, -0.2) is 38.2 Å². The highest BCUT2D eigenvalue weighted by Gasteiger charge is 2.58. The van der Waals surface area contributed by atoms with Gasteiger partial charge in [-0.15, -0.1) is 0 Å². The summed E-state index contributed by atoms with van der Waals surface area (Å²) in [5.74, 6) is -0.309. The summed E-state index contributed by atoms with van der Waals surface area (Å²) >= 11 is 0. The van der Waals surface area contributed by atoms with Gasteiger partial charge in [0.25, 0.3) is 0 Å². The Morgan fingerprint density at radius 3 is 2.13 bits per heavy atom. The van der Waals surface area contributed by atoms with Gasteiger partial charge >= 0.3 is 5.66 Å². The molecule has 0 atom stereocenters. The molecule has 0 saturated heterocycles. The summed E-state index contributed by atoms with van der Waals surface area (Å²) in [6.07, 6.45) is -0.303. The van der Waals surface area contributed by atoms with Crippen LogP contribution in [-0.2, 0) is 6.42 Å². The van der Waals surface area contributed by atoms with Gasteiger partial charge in [0.2, 0.25) is 16.4 Å². The third-order valence-electron chi connectivity index (χ3n) is 3.13. The standard InChI is InChI=1S/C13H20N6O4/c1-10(2)9-15-12(14)13(18(22)16-20,19(23)17-21)8-11-6-4-3-5-7-11/h3-7,10,20-21H,8-9H2,1-2H3,(H2,14,15)/b18-16-,19-17-. The maximum atomic E-state index is 12.1. The van der Waals surface area contributed by atoms with Crippen LogP contribution in [0.5, 0.6) is 0 Å². The topological polar surface area (TPSA) is 156 Å². The molecule has 10 heteroatoms. The minimum atomic E-state index is -2.33. The van der Waals surface area contributed by atoms with Gasteiger partial charge in [-0.25, -0.2) is 0 Å². The highest BCUT2D eigenvalue weighted by atomic mass is 16.6. The average Bonchev–Trinajstić information content (AvgIpc) is 2.56. The predicted octanol–water partition coefficient (Wildman–Crippen LogP) is 1.64. The van der Waals surface area contributed by atoms with Crippen molar-refractivity contribution in [2.45, 2.75) is 25.9 Å². The zero-order valence-corrected chi connectivity index (χ0v) is 12.9. The van der Waals surface area contributed by atoms with E-state index >= 15 is 0 Å². The summed E-state index contributed by atoms with van der Waals surface area (Å²) in [6, 6.07) is 8.41. The molecule has 0 aromatic heterocycles. The monoisotopic (exact) mass is 324 g/mol. The highest BCUT2D eigenvalue weighted by molar-refractivity contribution is 5.87. The Labute approximate surface area is 133 Å². The van der Waals surface area contributed by atoms with Crippen LogP contribution in [0.1, 0.15) is 19.4 Å². The number of rotatable bonds is 7. The fourth-order valence-corrected chi connectivity index (χ4v) is 1.93. The maximum absolute atomic E-state index is 12.1. The van der Waals surface area contributed by atoms with Gasteiger partial charge in [-0.2, -0.15) is 0 Å². The van der Waals surface area contributed by atoms with E-state index < -0.39 is 11.5 Å². The quantitative estimate of drug-likeness (QED) is 0.173. The van der Waals surface area contributed by atoms with Crippen molar-refractivity contribution < 1.29 is 20.1 Å². The molecule has 1 rings (SSSR count). The molecule has 4 N–H and O–H groups in total. The van der Waals surface area contributed by atoms with Crippen molar-refractivity contribution in [2.75, 3.05) is 6.54 Å². The Hall–Kier alpha value is -2.91. The molecule has 0 saturated carbocycles. The van der Waals surface area contributed by atoms with Crippen LogP contribution >= 0.6 is 0 Å². The van der Waals surface area contributed by atoms with Gasteiger partial charge in [-0.3, -0.25) is 4.99 Å². The number of benzene rings is 1. The number of nitrogens with zero attached hydrogens (tertiary/aromatic N) is 5. The summed E-state index contributed by atoms with van der Waals surface area (Å²) in [4.78, 5) is 3.34. The van der Waals surface area contributed by atoms with Crippen molar-refractivity contribution in [3.63, 3.8) is 0 Å². The van der Waals surface area contributed by atoms with E-state index in [-0.39, 0.29) is 28.6 Å². The van der Waals surface area contributed by atoms with Crippen molar-refractivity contribution in [3.8, 4) is 0 Å². The summed E-state index contributed by atoms with van der Waals surface area (Å²) in [5.41, 5.74) is 4.02. The van der Waals surface area contributed by atoms with Crippen molar-refractivity contribution >= 4 is 5.84 Å². The molecule has 0 amide bonds. The number of hydrogen-bond acceptors (Lipinski definition) is 5. The first kappa shape index (κ1) is 18.1. The molecule has 0 bridgehead atoms. The van der Waals surface area contributed by atoms with Crippen LogP contribution < -0.4 is 5.73 Å². The van der Waals surface area contributed by atoms with Crippen LogP contribution in [0.4, 0.5) is 0 Å². The lowest BCUT2D eigenvalue weighted by molar-refractivity contribution is -0.823. The Balaban J connectivity index is 3.45. The lowest BCUT2D eigenvalue weighted by atomic mass is 9.99. The second kappa shape index (κ2) is 7.92. The third-order valence-corrected chi connectivity index (χ3v) is 3.13. The molecule has 0 aliphatic heterocycles. The fourth-order valence-electron chi connectivity index (χ4n) is 1.93. The second-order valence-electron chi connectivity index (χ2n) is 5.32. The van der Waals surface area contributed by atoms with Gasteiger partial charge in [0, 0.05) is 16.3 Å². The van der Waals surface area contributed by atoms with Crippen LogP contribution in [0.15, 0.2) is 45.9 Å². The SMILES string of the molecule is CC(C)CN=C(N)C(Cc1ccccc1)(/[N+]([O-])=N/O)/[N+]([O-])=N/O. The largest absolute Gasteiger partial charge is 0.592 e. The first-order chi connectivity index (χ1) is 10.9. The Bertz CT molecular complexity index is 582. The molecule has 0 aliphatic carbocycles. The Morgan fingerprint density at radius 2 is 1.70 bits per heavy atom. The zero-order chi connectivity index (χ0) is 17.5. The molecule has 0 spiro atoms. The summed E-state index contributed by atoms with van der Waals surface area (Å²) in [6.45, 7) is 3.97. The molecule has 126 valence electrons. The number of nitrogens with two attached hydrogens (primary N) is 1. The van der Waals surface area contributed by atoms with Crippen molar-refractivity contribution in [2.24, 2.45) is 27.2 Å². The summed E-state index contributed by atoms with van der Waals surface area (Å²) in [7, 11) is 0. The molecule has 1 aromatic rings. The molecular weight excluding hydrogens is 304 g/mol. The molecule has 0 aliphatic rings. The van der Waals surface area contributed by atoms with Crippen LogP contribution in [0.25, 0.3) is 0 Å². The predicted molar refractivity (Wildman–Crippen MR) is 79.9 cm³/mol. The molecule has 0 heterocycles. The van der Waals surface area contributed by atoms with Crippen molar-refractivity contribution in [3.05, 3.63) is 46.3 Å². The van der Waals surface area contributed by atoms with Gasteiger partial charge in [-0.1, -0.05) is 44.2 Å². The lowest BCUT2D eigenvalue weighted by Gasteiger charge is -2.22. The van der Waals surface area contributed by atoms with E-state index in [1.807, 2.05) is 13.8 Å². The van der Waals surface area contributed by atoms with E-state index in [0.29, 0.717) is 5.56 Å². The third kappa shape index (κ3) is 4.05. The van der Waals surface area contributed by atoms with E-state index in [4.69, 9.17) is 16.1 Å². The smallest absolute Gasteiger partial charge is 0.485 e. The van der Waals surface area contributed by atoms with Crippen molar-refractivity contribution in [1.82, 2.24) is 0 Å². The number of hydroxylamine groups is 2. The van der Waals surface area contributed by atoms with Gasteiger partial charge in [0.1, 0.15) is 6.42 Å². The molecule has 0 radical (unpaired) electrons. The van der Waals surface area contributed by atoms with Crippen LogP contribution in [0.2, 0.25) is 0 Å². The molecule has 0 unspecified atom stereocenters. The van der Waals surface area contributed by atoms with Gasteiger partial charge in [0.05, 0.1) is 0 Å². The molecular formula is C13H20N6O4. The first-order valence-electron chi connectivity index (χ1n) is 6.87. The van der Waals surface area contributed by atoms with Gasteiger partial charge in [-0.05, 0) is 11.5 Å². The van der Waals surface area contributed by atoms with E-state index in [0.717, 1.165) is 0 Å². The summed E-state index contributed by atoms with van der Waals surface area (Å²) < 4.78 is 0. The van der Waals surface area contributed by atoms with Crippen molar-refractivity contribution in [1.29, 1.82) is 0 Å². The molecule has 0 fully saturated rings. The summed E-state index contributed by atoms with van der Waals surface area (Å²) in [5, 5.41) is 46.8. The van der Waals surface area contributed by atoms with E-state index in [1.165, 1.54) is 0 Å². The number of amidine groups is 1. The number of aliphatic imine (C=N–C) groups is 1. The highest BCUT2D eigenvalue weighted by Crippen LogP contribution is 2.21. The van der Waals surface area contributed by atoms with E-state index in [1.54, 1.807) is 30.3 Å². The van der Waals surface area contributed by atoms with E-state index in [2.05, 4.69) is 15.5 Å². The van der Waals surface area contributed by atoms with Crippen LogP contribution in [0.3, 0.4) is 0 Å². The second-order valence-corrected chi connectivity index (χ2v) is 5.32. The maximum Gasteiger partial charge on any atom is 0.485 e. The first-order valence-corrected chi connectivity index (χ1v) is 6.87. The zero-order valence-electron chi connectivity index (χ0n) is 12.9. The Kier molecular flexibility index (Phi) is 6.24. The molecule has 10 nitrogen and oxygen atoms in total. The Morgan fingerprint density at radius 1 is 1.17 bits per heavy atom. The normalized spacial score (nSPS) is 14.3. The number of hydrogen-bond donors (Lipinski definition) is 3. The van der Waals surface area contributed by atoms with Crippen LogP contribution in [0, 0.1) is 16.3 Å². The lowest BCUT2D eigenvalue weighted by Crippen LogP contribution is -2.59. The minimum Gasteiger partial charge on any atom is -0.592 e. The molecule has 1 aromatic carbocycles. The fraction of sp³-hybridized carbons (Fsp3) is 0.462. The molecule has 23 heavy (non-hydrogen) atoms. The average molecular weight is 324 g/mol. The van der Waals surface area contributed by atoms with Gasteiger partial charge < -0.3 is 26.6 Å². The van der Waals surface area contributed by atoms with Gasteiger partial charge in [0.15, 0.2) is 0 Å². The minimum absolute atomic E-state index is 0.111. The van der Waals surface area contributed by atoms with E-state index in [9.17, 15) is 10.4 Å².